The van der Waals surface area contributed by atoms with E-state index in [0.29, 0.717) is 0 Å². The summed E-state index contributed by atoms with van der Waals surface area (Å²) < 4.78 is 10.7. The van der Waals surface area contributed by atoms with Crippen LogP contribution in [-0.4, -0.2) is 42.8 Å². The van der Waals surface area contributed by atoms with Gasteiger partial charge >= 0.3 is 6.09 Å². The van der Waals surface area contributed by atoms with E-state index >= 15 is 0 Å². The highest BCUT2D eigenvalue weighted by molar-refractivity contribution is 5.68. The summed E-state index contributed by atoms with van der Waals surface area (Å²) in [5.41, 5.74) is 0.753. The molecule has 0 aromatic heterocycles. The minimum Gasteiger partial charge on any atom is -0.496 e. The minimum atomic E-state index is -0.450. The molecule has 0 atom stereocenters. The van der Waals surface area contributed by atoms with Crippen LogP contribution in [0.25, 0.3) is 0 Å². The fourth-order valence-electron chi connectivity index (χ4n) is 2.78. The SMILES string of the molecule is COc1ccccc1CN1CCC(NC(=O)OC(C)(C)C)CC1. The number of carbonyl (C=O) groups is 1. The minimum absolute atomic E-state index is 0.193. The number of piperidine rings is 1. The Labute approximate surface area is 139 Å². The van der Waals surface area contributed by atoms with Crippen LogP contribution in [0.5, 0.6) is 5.75 Å². The molecule has 1 amide bonds. The van der Waals surface area contributed by atoms with Crippen LogP contribution in [0.2, 0.25) is 0 Å². The van der Waals surface area contributed by atoms with Crippen molar-refractivity contribution in [3.8, 4) is 5.75 Å². The van der Waals surface area contributed by atoms with E-state index < -0.39 is 5.60 Å². The van der Waals surface area contributed by atoms with E-state index in [1.165, 1.54) is 5.56 Å². The second kappa shape index (κ2) is 7.68. The highest BCUT2D eigenvalue weighted by Crippen LogP contribution is 2.21. The summed E-state index contributed by atoms with van der Waals surface area (Å²) in [7, 11) is 1.70. The smallest absolute Gasteiger partial charge is 0.407 e. The Morgan fingerprint density at radius 1 is 1.26 bits per heavy atom. The first-order valence-electron chi connectivity index (χ1n) is 8.21. The number of methoxy groups -OCH3 is 1. The first-order valence-corrected chi connectivity index (χ1v) is 8.21. The van der Waals surface area contributed by atoms with E-state index in [4.69, 9.17) is 9.47 Å². The van der Waals surface area contributed by atoms with Gasteiger partial charge in [-0.25, -0.2) is 4.79 Å². The number of nitrogens with one attached hydrogen (secondary N) is 1. The molecule has 1 fully saturated rings. The normalized spacial score (nSPS) is 16.9. The van der Waals surface area contributed by atoms with Gasteiger partial charge in [0, 0.05) is 31.2 Å². The van der Waals surface area contributed by atoms with Gasteiger partial charge in [-0.1, -0.05) is 18.2 Å². The molecule has 1 aromatic carbocycles. The average molecular weight is 320 g/mol. The van der Waals surface area contributed by atoms with E-state index in [1.54, 1.807) is 7.11 Å². The number of benzene rings is 1. The predicted octanol–water partition coefficient (Wildman–Crippen LogP) is 3.18. The molecule has 0 aliphatic carbocycles. The highest BCUT2D eigenvalue weighted by Gasteiger charge is 2.23. The third-order valence-corrected chi connectivity index (χ3v) is 3.89. The molecule has 5 nitrogen and oxygen atoms in total. The molecule has 0 unspecified atom stereocenters. The third-order valence-electron chi connectivity index (χ3n) is 3.89. The van der Waals surface area contributed by atoms with Crippen LogP contribution in [0.1, 0.15) is 39.2 Å². The van der Waals surface area contributed by atoms with Crippen LogP contribution in [0.15, 0.2) is 24.3 Å². The molecule has 5 heteroatoms. The van der Waals surface area contributed by atoms with Crippen molar-refractivity contribution in [2.75, 3.05) is 20.2 Å². The quantitative estimate of drug-likeness (QED) is 0.926. The summed E-state index contributed by atoms with van der Waals surface area (Å²) in [5.74, 6) is 0.932. The van der Waals surface area contributed by atoms with E-state index in [0.717, 1.165) is 38.2 Å². The fourth-order valence-corrected chi connectivity index (χ4v) is 2.78. The van der Waals surface area contributed by atoms with Crippen molar-refractivity contribution in [1.29, 1.82) is 0 Å². The number of rotatable bonds is 4. The first kappa shape index (κ1) is 17.6. The van der Waals surface area contributed by atoms with E-state index in [1.807, 2.05) is 39.0 Å². The summed E-state index contributed by atoms with van der Waals surface area (Å²) in [6.45, 7) is 8.42. The lowest BCUT2D eigenvalue weighted by atomic mass is 10.0. The van der Waals surface area contributed by atoms with Gasteiger partial charge < -0.3 is 14.8 Å². The summed E-state index contributed by atoms with van der Waals surface area (Å²) >= 11 is 0. The van der Waals surface area contributed by atoms with Crippen molar-refractivity contribution in [3.63, 3.8) is 0 Å². The number of ether oxygens (including phenoxy) is 2. The lowest BCUT2D eigenvalue weighted by molar-refractivity contribution is 0.0477. The monoisotopic (exact) mass is 320 g/mol. The maximum atomic E-state index is 11.8. The number of nitrogens with zero attached hydrogens (tertiary/aromatic N) is 1. The predicted molar refractivity (Wildman–Crippen MR) is 90.7 cm³/mol. The van der Waals surface area contributed by atoms with Crippen LogP contribution in [0.4, 0.5) is 4.79 Å². The number of likely N-dealkylation sites (tertiary alicyclic amines) is 1. The lowest BCUT2D eigenvalue weighted by Crippen LogP contribution is -2.45. The molecule has 0 radical (unpaired) electrons. The van der Waals surface area contributed by atoms with Crippen molar-refractivity contribution in [3.05, 3.63) is 29.8 Å². The molecular weight excluding hydrogens is 292 g/mol. The van der Waals surface area contributed by atoms with Crippen LogP contribution >= 0.6 is 0 Å². The van der Waals surface area contributed by atoms with Gasteiger partial charge in [-0.2, -0.15) is 0 Å². The first-order chi connectivity index (χ1) is 10.9. The van der Waals surface area contributed by atoms with E-state index in [-0.39, 0.29) is 12.1 Å². The zero-order chi connectivity index (χ0) is 16.9. The number of alkyl carbamates (subject to hydrolysis) is 1. The maximum absolute atomic E-state index is 11.8. The van der Waals surface area contributed by atoms with Crippen LogP contribution in [0, 0.1) is 0 Å². The third kappa shape index (κ3) is 5.75. The standard InChI is InChI=1S/C18H28N2O3/c1-18(2,3)23-17(21)19-15-9-11-20(12-10-15)13-14-7-5-6-8-16(14)22-4/h5-8,15H,9-13H2,1-4H3,(H,19,21). The average Bonchev–Trinajstić information content (AvgIpc) is 2.48. The van der Waals surface area contributed by atoms with Crippen molar-refractivity contribution < 1.29 is 14.3 Å². The van der Waals surface area contributed by atoms with Crippen molar-refractivity contribution in [2.45, 2.75) is 51.8 Å². The molecule has 1 heterocycles. The second-order valence-electron chi connectivity index (χ2n) is 7.01. The van der Waals surface area contributed by atoms with Crippen LogP contribution in [-0.2, 0) is 11.3 Å². The number of hydrogen-bond acceptors (Lipinski definition) is 4. The van der Waals surface area contributed by atoms with Gasteiger partial charge in [0.25, 0.3) is 0 Å². The Morgan fingerprint density at radius 2 is 1.91 bits per heavy atom. The Balaban J connectivity index is 1.79. The second-order valence-corrected chi connectivity index (χ2v) is 7.01. The number of hydrogen-bond donors (Lipinski definition) is 1. The number of carbonyl (C=O) groups excluding carboxylic acids is 1. The van der Waals surface area contributed by atoms with E-state index in [9.17, 15) is 4.79 Å². The van der Waals surface area contributed by atoms with Gasteiger partial charge in [-0.05, 0) is 39.7 Å². The molecule has 2 rings (SSSR count). The Morgan fingerprint density at radius 3 is 2.52 bits per heavy atom. The number of amides is 1. The van der Waals surface area contributed by atoms with Gasteiger partial charge in [0.05, 0.1) is 7.11 Å². The fraction of sp³-hybridized carbons (Fsp3) is 0.611. The summed E-state index contributed by atoms with van der Waals surface area (Å²) in [5, 5.41) is 2.97. The molecule has 0 spiro atoms. The maximum Gasteiger partial charge on any atom is 0.407 e. The molecule has 1 aliphatic heterocycles. The van der Waals surface area contributed by atoms with Crippen LogP contribution in [0.3, 0.4) is 0 Å². The molecule has 0 bridgehead atoms. The van der Waals surface area contributed by atoms with Gasteiger partial charge in [-0.3, -0.25) is 4.90 Å². The van der Waals surface area contributed by atoms with Gasteiger partial charge in [0.15, 0.2) is 0 Å². The molecule has 1 aromatic rings. The topological polar surface area (TPSA) is 50.8 Å². The van der Waals surface area contributed by atoms with Crippen molar-refractivity contribution in [1.82, 2.24) is 10.2 Å². The Hall–Kier alpha value is -1.75. The Bertz CT molecular complexity index is 517. The zero-order valence-electron chi connectivity index (χ0n) is 14.6. The Kier molecular flexibility index (Phi) is 5.88. The lowest BCUT2D eigenvalue weighted by Gasteiger charge is -2.33. The van der Waals surface area contributed by atoms with E-state index in [2.05, 4.69) is 16.3 Å². The number of para-hydroxylation sites is 1. The van der Waals surface area contributed by atoms with Gasteiger partial charge in [-0.15, -0.1) is 0 Å². The highest BCUT2D eigenvalue weighted by atomic mass is 16.6. The van der Waals surface area contributed by atoms with Gasteiger partial charge in [0.1, 0.15) is 11.4 Å². The van der Waals surface area contributed by atoms with Gasteiger partial charge in [0.2, 0.25) is 0 Å². The van der Waals surface area contributed by atoms with Crippen molar-refractivity contribution in [2.24, 2.45) is 0 Å². The molecule has 1 aliphatic rings. The zero-order valence-corrected chi connectivity index (χ0v) is 14.6. The molecule has 23 heavy (non-hydrogen) atoms. The largest absolute Gasteiger partial charge is 0.496 e. The summed E-state index contributed by atoms with van der Waals surface area (Å²) in [6.07, 6.45) is 1.56. The molecular formula is C18H28N2O3. The molecule has 0 saturated carbocycles. The molecule has 1 N–H and O–H groups in total. The van der Waals surface area contributed by atoms with Crippen molar-refractivity contribution >= 4 is 6.09 Å². The summed E-state index contributed by atoms with van der Waals surface area (Å²) in [6, 6.07) is 8.31. The van der Waals surface area contributed by atoms with Crippen LogP contribution < -0.4 is 10.1 Å². The summed E-state index contributed by atoms with van der Waals surface area (Å²) in [4.78, 5) is 14.2. The molecule has 1 saturated heterocycles. The molecule has 128 valence electrons.